The fourth-order valence-electron chi connectivity index (χ4n) is 2.52. The molecule has 1 aliphatic rings. The molecule has 0 radical (unpaired) electrons. The van der Waals surface area contributed by atoms with Crippen molar-refractivity contribution in [3.63, 3.8) is 0 Å². The van der Waals surface area contributed by atoms with Crippen LogP contribution in [0.1, 0.15) is 50.4 Å². The number of benzene rings is 2. The largest absolute Gasteiger partial charge is 0.381 e. The smallest absolute Gasteiger partial charge is 0.194 e. The van der Waals surface area contributed by atoms with Crippen LogP contribution >= 0.6 is 0 Å². The predicted octanol–water partition coefficient (Wildman–Crippen LogP) is 2.08. The summed E-state index contributed by atoms with van der Waals surface area (Å²) in [7, 11) is 0. The molecular weight excluding hydrogens is 268 g/mol. The second-order valence-electron chi connectivity index (χ2n) is 5.02. The molecule has 0 fully saturated rings. The Morgan fingerprint density at radius 2 is 1.43 bits per heavy atom. The van der Waals surface area contributed by atoms with Gasteiger partial charge in [-0.1, -0.05) is 30.3 Å². The highest BCUT2D eigenvalue weighted by atomic mass is 16.3. The van der Waals surface area contributed by atoms with Crippen LogP contribution in [0.5, 0.6) is 0 Å². The number of carbonyl (C=O) groups is 3. The maximum Gasteiger partial charge on any atom is 0.194 e. The summed E-state index contributed by atoms with van der Waals surface area (Å²) in [6.07, 6.45) is -1.28. The molecule has 1 N–H and O–H groups in total. The Labute approximate surface area is 121 Å². The van der Waals surface area contributed by atoms with Crippen molar-refractivity contribution in [2.45, 2.75) is 13.0 Å². The molecule has 2 aromatic rings. The number of fused-ring (bicyclic) bond motifs is 2. The van der Waals surface area contributed by atoms with E-state index in [1.807, 2.05) is 0 Å². The molecule has 0 spiro atoms. The SMILES string of the molecule is CC(=O)C(O)c1ccc2c(c1)C(=O)c1ccccc1C2=O. The zero-order valence-electron chi connectivity index (χ0n) is 11.3. The molecule has 0 heterocycles. The van der Waals surface area contributed by atoms with Crippen molar-refractivity contribution < 1.29 is 19.5 Å². The Kier molecular flexibility index (Phi) is 3.03. The van der Waals surface area contributed by atoms with Crippen molar-refractivity contribution in [1.29, 1.82) is 0 Å². The fourth-order valence-corrected chi connectivity index (χ4v) is 2.52. The zero-order chi connectivity index (χ0) is 15.1. The Balaban J connectivity index is 2.17. The maximum absolute atomic E-state index is 12.5. The summed E-state index contributed by atoms with van der Waals surface area (Å²) in [6, 6.07) is 11.1. The van der Waals surface area contributed by atoms with E-state index in [0.29, 0.717) is 22.3 Å². The van der Waals surface area contributed by atoms with Gasteiger partial charge in [0.15, 0.2) is 17.3 Å². The second-order valence-corrected chi connectivity index (χ2v) is 5.02. The minimum absolute atomic E-state index is 0.218. The third-order valence-electron chi connectivity index (χ3n) is 3.65. The van der Waals surface area contributed by atoms with Crippen LogP contribution in [-0.2, 0) is 4.79 Å². The van der Waals surface area contributed by atoms with Crippen LogP contribution in [0.3, 0.4) is 0 Å². The molecule has 0 bridgehead atoms. The number of rotatable bonds is 2. The molecule has 21 heavy (non-hydrogen) atoms. The van der Waals surface area contributed by atoms with Gasteiger partial charge in [-0.15, -0.1) is 0 Å². The molecule has 4 nitrogen and oxygen atoms in total. The van der Waals surface area contributed by atoms with Crippen molar-refractivity contribution in [2.24, 2.45) is 0 Å². The molecule has 0 saturated heterocycles. The van der Waals surface area contributed by atoms with Gasteiger partial charge in [-0.25, -0.2) is 0 Å². The van der Waals surface area contributed by atoms with Gasteiger partial charge in [0.25, 0.3) is 0 Å². The molecular formula is C17H12O4. The molecule has 1 aliphatic carbocycles. The predicted molar refractivity (Wildman–Crippen MR) is 75.4 cm³/mol. The fraction of sp³-hybridized carbons (Fsp3) is 0.118. The van der Waals surface area contributed by atoms with E-state index in [2.05, 4.69) is 0 Å². The molecule has 3 rings (SSSR count). The van der Waals surface area contributed by atoms with Gasteiger partial charge >= 0.3 is 0 Å². The van der Waals surface area contributed by atoms with Gasteiger partial charge in [0.1, 0.15) is 6.10 Å². The lowest BCUT2D eigenvalue weighted by Gasteiger charge is -2.18. The van der Waals surface area contributed by atoms with Gasteiger partial charge in [0.2, 0.25) is 0 Å². The third-order valence-corrected chi connectivity index (χ3v) is 3.65. The standard InChI is InChI=1S/C17H12O4/c1-9(18)15(19)10-6-7-13-14(8-10)17(21)12-5-3-2-4-11(12)16(13)20/h2-8,15,19H,1H3. The summed E-state index contributed by atoms with van der Waals surface area (Å²) in [5.41, 5.74) is 1.59. The van der Waals surface area contributed by atoms with E-state index >= 15 is 0 Å². The summed E-state index contributed by atoms with van der Waals surface area (Å²) in [5.74, 6) is -0.896. The van der Waals surface area contributed by atoms with Crippen molar-refractivity contribution in [3.05, 3.63) is 70.3 Å². The van der Waals surface area contributed by atoms with Crippen LogP contribution in [0.25, 0.3) is 0 Å². The summed E-state index contributed by atoms with van der Waals surface area (Å²) in [6.45, 7) is 1.27. The van der Waals surface area contributed by atoms with E-state index in [1.165, 1.54) is 25.1 Å². The average Bonchev–Trinajstić information content (AvgIpc) is 2.51. The van der Waals surface area contributed by atoms with Crippen LogP contribution in [0.15, 0.2) is 42.5 Å². The monoisotopic (exact) mass is 280 g/mol. The molecule has 1 unspecified atom stereocenters. The number of hydrogen-bond acceptors (Lipinski definition) is 4. The number of Topliss-reactive ketones (excluding diaryl/α,β-unsaturated/α-hetero) is 1. The highest BCUT2D eigenvalue weighted by molar-refractivity contribution is 6.28. The topological polar surface area (TPSA) is 71.4 Å². The molecule has 0 aliphatic heterocycles. The normalized spacial score (nSPS) is 14.4. The number of aliphatic hydroxyl groups is 1. The number of aliphatic hydroxyl groups excluding tert-OH is 1. The molecule has 0 amide bonds. The highest BCUT2D eigenvalue weighted by Crippen LogP contribution is 2.29. The van der Waals surface area contributed by atoms with E-state index in [9.17, 15) is 19.5 Å². The average molecular weight is 280 g/mol. The molecule has 104 valence electrons. The summed E-state index contributed by atoms with van der Waals surface area (Å²) >= 11 is 0. The summed E-state index contributed by atoms with van der Waals surface area (Å²) in [4.78, 5) is 36.1. The highest BCUT2D eigenvalue weighted by Gasteiger charge is 2.30. The van der Waals surface area contributed by atoms with E-state index in [0.717, 1.165) is 0 Å². The van der Waals surface area contributed by atoms with Gasteiger partial charge in [-0.2, -0.15) is 0 Å². The first-order valence-electron chi connectivity index (χ1n) is 6.51. The van der Waals surface area contributed by atoms with Crippen LogP contribution in [0.4, 0.5) is 0 Å². The van der Waals surface area contributed by atoms with Crippen LogP contribution in [0, 0.1) is 0 Å². The number of carbonyl (C=O) groups excluding carboxylic acids is 3. The van der Waals surface area contributed by atoms with Crippen molar-refractivity contribution in [3.8, 4) is 0 Å². The van der Waals surface area contributed by atoms with Crippen LogP contribution in [-0.4, -0.2) is 22.5 Å². The lowest BCUT2D eigenvalue weighted by molar-refractivity contribution is -0.125. The molecule has 4 heteroatoms. The molecule has 1 atom stereocenters. The Morgan fingerprint density at radius 1 is 0.905 bits per heavy atom. The van der Waals surface area contributed by atoms with Gasteiger partial charge < -0.3 is 5.11 Å². The minimum Gasteiger partial charge on any atom is -0.381 e. The van der Waals surface area contributed by atoms with Crippen LogP contribution < -0.4 is 0 Å². The van der Waals surface area contributed by atoms with E-state index in [-0.39, 0.29) is 17.1 Å². The first kappa shape index (κ1) is 13.4. The summed E-state index contributed by atoms with van der Waals surface area (Å²) < 4.78 is 0. The Hall–Kier alpha value is -2.59. The second kappa shape index (κ2) is 4.75. The number of ketones is 3. The lowest BCUT2D eigenvalue weighted by atomic mass is 9.83. The van der Waals surface area contributed by atoms with Crippen LogP contribution in [0.2, 0.25) is 0 Å². The molecule has 0 aromatic heterocycles. The lowest BCUT2D eigenvalue weighted by Crippen LogP contribution is -2.21. The van der Waals surface area contributed by atoms with Gasteiger partial charge in [-0.3, -0.25) is 14.4 Å². The summed E-state index contributed by atoms with van der Waals surface area (Å²) in [5, 5.41) is 9.80. The number of hydrogen-bond donors (Lipinski definition) is 1. The Bertz CT molecular complexity index is 789. The Morgan fingerprint density at radius 3 is 2.00 bits per heavy atom. The molecule has 2 aromatic carbocycles. The van der Waals surface area contributed by atoms with Crippen molar-refractivity contribution >= 4 is 17.3 Å². The molecule has 0 saturated carbocycles. The third kappa shape index (κ3) is 2.00. The van der Waals surface area contributed by atoms with Gasteiger partial charge in [0, 0.05) is 22.3 Å². The minimum atomic E-state index is -1.28. The first-order valence-corrected chi connectivity index (χ1v) is 6.51. The van der Waals surface area contributed by atoms with E-state index < -0.39 is 11.9 Å². The first-order chi connectivity index (χ1) is 10.0. The van der Waals surface area contributed by atoms with E-state index in [1.54, 1.807) is 24.3 Å². The van der Waals surface area contributed by atoms with Gasteiger partial charge in [0.05, 0.1) is 0 Å². The maximum atomic E-state index is 12.5. The van der Waals surface area contributed by atoms with Crippen molar-refractivity contribution in [1.82, 2.24) is 0 Å². The quantitative estimate of drug-likeness (QED) is 0.780. The van der Waals surface area contributed by atoms with E-state index in [4.69, 9.17) is 0 Å². The van der Waals surface area contributed by atoms with Gasteiger partial charge in [-0.05, 0) is 24.6 Å². The van der Waals surface area contributed by atoms with Crippen molar-refractivity contribution in [2.75, 3.05) is 0 Å². The zero-order valence-corrected chi connectivity index (χ0v) is 11.3.